The molecule has 0 aliphatic heterocycles. The second-order valence-electron chi connectivity index (χ2n) is 4.11. The second-order valence-corrected chi connectivity index (χ2v) is 4.11. The van der Waals surface area contributed by atoms with Crippen LogP contribution in [-0.2, 0) is 16.1 Å². The molecule has 0 bridgehead atoms. The molecule has 1 N–H and O–H groups in total. The molecule has 0 unspecified atom stereocenters. The maximum Gasteiger partial charge on any atom is 0.409 e. The quantitative estimate of drug-likeness (QED) is 0.869. The molecule has 1 amide bonds. The van der Waals surface area contributed by atoms with Crippen molar-refractivity contribution >= 4 is 12.1 Å². The zero-order chi connectivity index (χ0) is 13.5. The van der Waals surface area contributed by atoms with Crippen LogP contribution in [0.25, 0.3) is 0 Å². The number of nitrogens with zero attached hydrogens (tertiary/aromatic N) is 1. The van der Waals surface area contributed by atoms with Crippen molar-refractivity contribution in [3.05, 3.63) is 35.4 Å². The molecule has 0 fully saturated rings. The minimum absolute atomic E-state index is 0.0872. The van der Waals surface area contributed by atoms with Crippen LogP contribution in [0.5, 0.6) is 0 Å². The number of carboxylic acids is 1. The molecule has 18 heavy (non-hydrogen) atoms. The molecule has 0 aliphatic rings. The van der Waals surface area contributed by atoms with Crippen LogP contribution in [0.2, 0.25) is 0 Å². The van der Waals surface area contributed by atoms with Gasteiger partial charge in [0.25, 0.3) is 0 Å². The summed E-state index contributed by atoms with van der Waals surface area (Å²) in [5.41, 5.74) is 2.05. The first-order valence-electron chi connectivity index (χ1n) is 5.64. The van der Waals surface area contributed by atoms with Gasteiger partial charge >= 0.3 is 12.1 Å². The SMILES string of the molecule is Cc1ccc(COC(=O)N(C)CCC(=O)O)cc1. The Bertz CT molecular complexity index is 414. The molecule has 0 spiro atoms. The standard InChI is InChI=1S/C13H17NO4/c1-10-3-5-11(6-4-10)9-18-13(17)14(2)8-7-12(15)16/h3-6H,7-9H2,1-2H3,(H,15,16). The monoisotopic (exact) mass is 251 g/mol. The third-order valence-electron chi connectivity index (χ3n) is 2.46. The Labute approximate surface area is 106 Å². The maximum atomic E-state index is 11.5. The lowest BCUT2D eigenvalue weighted by Gasteiger charge is -2.15. The number of hydrogen-bond acceptors (Lipinski definition) is 3. The number of amides is 1. The number of ether oxygens (including phenoxy) is 1. The van der Waals surface area contributed by atoms with E-state index in [1.165, 1.54) is 11.9 Å². The average molecular weight is 251 g/mol. The number of aliphatic carboxylic acids is 1. The average Bonchev–Trinajstić information content (AvgIpc) is 2.34. The lowest BCUT2D eigenvalue weighted by molar-refractivity contribution is -0.137. The number of rotatable bonds is 5. The Kier molecular flexibility index (Phi) is 5.17. The summed E-state index contributed by atoms with van der Waals surface area (Å²) in [4.78, 5) is 23.1. The zero-order valence-corrected chi connectivity index (χ0v) is 10.5. The highest BCUT2D eigenvalue weighted by Crippen LogP contribution is 2.05. The molecule has 0 aliphatic carbocycles. The number of carbonyl (C=O) groups excluding carboxylic acids is 1. The molecular weight excluding hydrogens is 234 g/mol. The van der Waals surface area contributed by atoms with Gasteiger partial charge in [0.05, 0.1) is 6.42 Å². The van der Waals surface area contributed by atoms with E-state index in [9.17, 15) is 9.59 Å². The predicted molar refractivity (Wildman–Crippen MR) is 66.2 cm³/mol. The summed E-state index contributed by atoms with van der Waals surface area (Å²) in [6.45, 7) is 2.31. The Morgan fingerprint density at radius 3 is 2.44 bits per heavy atom. The van der Waals surface area contributed by atoms with Gasteiger partial charge in [-0.2, -0.15) is 0 Å². The van der Waals surface area contributed by atoms with Crippen molar-refractivity contribution in [3.8, 4) is 0 Å². The van der Waals surface area contributed by atoms with Crippen molar-refractivity contribution < 1.29 is 19.4 Å². The van der Waals surface area contributed by atoms with Gasteiger partial charge in [-0.1, -0.05) is 29.8 Å². The molecule has 1 aromatic rings. The van der Waals surface area contributed by atoms with Crippen LogP contribution in [-0.4, -0.2) is 35.7 Å². The minimum atomic E-state index is -0.937. The molecule has 0 saturated carbocycles. The highest BCUT2D eigenvalue weighted by atomic mass is 16.6. The van der Waals surface area contributed by atoms with Crippen molar-refractivity contribution in [2.24, 2.45) is 0 Å². The largest absolute Gasteiger partial charge is 0.481 e. The summed E-state index contributed by atoms with van der Waals surface area (Å²) >= 11 is 0. The van der Waals surface area contributed by atoms with Crippen LogP contribution in [0.1, 0.15) is 17.5 Å². The molecule has 5 nitrogen and oxygen atoms in total. The topological polar surface area (TPSA) is 66.8 Å². The van der Waals surface area contributed by atoms with E-state index in [-0.39, 0.29) is 19.6 Å². The van der Waals surface area contributed by atoms with E-state index in [4.69, 9.17) is 9.84 Å². The third-order valence-corrected chi connectivity index (χ3v) is 2.46. The van der Waals surface area contributed by atoms with Crippen molar-refractivity contribution in [1.82, 2.24) is 4.90 Å². The summed E-state index contributed by atoms with van der Waals surface area (Å²) in [5, 5.41) is 8.50. The first-order chi connectivity index (χ1) is 8.49. The third kappa shape index (κ3) is 4.86. The molecule has 0 atom stereocenters. The van der Waals surface area contributed by atoms with Crippen LogP contribution in [0.15, 0.2) is 24.3 Å². The number of carboxylic acid groups (broad SMARTS) is 1. The molecule has 0 saturated heterocycles. The van der Waals surface area contributed by atoms with Gasteiger partial charge in [-0.15, -0.1) is 0 Å². The molecule has 1 rings (SSSR count). The molecule has 98 valence electrons. The van der Waals surface area contributed by atoms with Gasteiger partial charge in [0.2, 0.25) is 0 Å². The van der Waals surface area contributed by atoms with E-state index >= 15 is 0 Å². The summed E-state index contributed by atoms with van der Waals surface area (Å²) in [6, 6.07) is 7.66. The minimum Gasteiger partial charge on any atom is -0.481 e. The molecule has 0 aromatic heterocycles. The van der Waals surface area contributed by atoms with Crippen molar-refractivity contribution in [1.29, 1.82) is 0 Å². The van der Waals surface area contributed by atoms with Gasteiger partial charge in [0, 0.05) is 13.6 Å². The fourth-order valence-corrected chi connectivity index (χ4v) is 1.29. The Hall–Kier alpha value is -2.04. The Morgan fingerprint density at radius 2 is 1.89 bits per heavy atom. The van der Waals surface area contributed by atoms with E-state index < -0.39 is 12.1 Å². The molecule has 1 aromatic carbocycles. The van der Waals surface area contributed by atoms with Gasteiger partial charge in [0.1, 0.15) is 6.61 Å². The van der Waals surface area contributed by atoms with Crippen LogP contribution in [0.3, 0.4) is 0 Å². The number of carbonyl (C=O) groups is 2. The lowest BCUT2D eigenvalue weighted by atomic mass is 10.2. The number of aryl methyl sites for hydroxylation is 1. The Morgan fingerprint density at radius 1 is 1.28 bits per heavy atom. The van der Waals surface area contributed by atoms with Crippen LogP contribution in [0, 0.1) is 6.92 Å². The number of benzene rings is 1. The second kappa shape index (κ2) is 6.64. The van der Waals surface area contributed by atoms with Gasteiger partial charge in [-0.05, 0) is 12.5 Å². The fourth-order valence-electron chi connectivity index (χ4n) is 1.29. The summed E-state index contributed by atoms with van der Waals surface area (Å²) in [6.07, 6.45) is -0.604. The molecule has 0 radical (unpaired) electrons. The molecular formula is C13H17NO4. The summed E-state index contributed by atoms with van der Waals surface area (Å²) < 4.78 is 5.06. The van der Waals surface area contributed by atoms with Gasteiger partial charge in [-0.3, -0.25) is 4.79 Å². The first kappa shape index (κ1) is 14.0. The Balaban J connectivity index is 2.36. The molecule has 5 heteroatoms. The zero-order valence-electron chi connectivity index (χ0n) is 10.5. The molecule has 0 heterocycles. The fraction of sp³-hybridized carbons (Fsp3) is 0.385. The lowest BCUT2D eigenvalue weighted by Crippen LogP contribution is -2.29. The number of hydrogen-bond donors (Lipinski definition) is 1. The maximum absolute atomic E-state index is 11.5. The van der Waals surface area contributed by atoms with Crippen LogP contribution < -0.4 is 0 Å². The van der Waals surface area contributed by atoms with Gasteiger partial charge < -0.3 is 14.7 Å². The highest BCUT2D eigenvalue weighted by molar-refractivity contribution is 5.70. The van der Waals surface area contributed by atoms with E-state index in [2.05, 4.69) is 0 Å². The van der Waals surface area contributed by atoms with E-state index in [0.29, 0.717) is 0 Å². The van der Waals surface area contributed by atoms with Crippen molar-refractivity contribution in [2.75, 3.05) is 13.6 Å². The summed E-state index contributed by atoms with van der Waals surface area (Å²) in [7, 11) is 1.51. The van der Waals surface area contributed by atoms with Crippen molar-refractivity contribution in [2.45, 2.75) is 20.0 Å². The van der Waals surface area contributed by atoms with Gasteiger partial charge in [0.15, 0.2) is 0 Å². The normalized spacial score (nSPS) is 9.89. The smallest absolute Gasteiger partial charge is 0.409 e. The van der Waals surface area contributed by atoms with Crippen LogP contribution in [0.4, 0.5) is 4.79 Å². The van der Waals surface area contributed by atoms with E-state index in [1.54, 1.807) is 0 Å². The van der Waals surface area contributed by atoms with Crippen LogP contribution >= 0.6 is 0 Å². The predicted octanol–water partition coefficient (Wildman–Crippen LogP) is 2.04. The van der Waals surface area contributed by atoms with E-state index in [0.717, 1.165) is 11.1 Å². The van der Waals surface area contributed by atoms with Crippen molar-refractivity contribution in [3.63, 3.8) is 0 Å². The summed E-state index contributed by atoms with van der Waals surface area (Å²) in [5.74, 6) is -0.937. The van der Waals surface area contributed by atoms with Gasteiger partial charge in [-0.25, -0.2) is 4.79 Å². The first-order valence-corrected chi connectivity index (χ1v) is 5.64. The van der Waals surface area contributed by atoms with E-state index in [1.807, 2.05) is 31.2 Å². The highest BCUT2D eigenvalue weighted by Gasteiger charge is 2.11.